The summed E-state index contributed by atoms with van der Waals surface area (Å²) in [7, 11) is 0. The monoisotopic (exact) mass is 534 g/mol. The van der Waals surface area contributed by atoms with E-state index in [-0.39, 0.29) is 23.9 Å². The van der Waals surface area contributed by atoms with E-state index in [0.717, 1.165) is 28.7 Å². The van der Waals surface area contributed by atoms with Gasteiger partial charge >= 0.3 is 6.18 Å². The normalized spacial score (nSPS) is 23.3. The summed E-state index contributed by atoms with van der Waals surface area (Å²) in [5.41, 5.74) is 2.20. The maximum absolute atomic E-state index is 13.7. The summed E-state index contributed by atoms with van der Waals surface area (Å²) in [5, 5.41) is 8.75. The molecule has 0 bridgehead atoms. The molecule has 4 rings (SSSR count). The van der Waals surface area contributed by atoms with Crippen LogP contribution in [0.25, 0.3) is 0 Å². The van der Waals surface area contributed by atoms with Crippen molar-refractivity contribution in [1.82, 2.24) is 10.6 Å². The smallest absolute Gasteiger partial charge is 0.287 e. The second-order valence-corrected chi connectivity index (χ2v) is 10.9. The molecule has 3 aromatic rings. The molecule has 36 heavy (non-hydrogen) atoms. The molecule has 4 atom stereocenters. The van der Waals surface area contributed by atoms with E-state index >= 15 is 0 Å². The summed E-state index contributed by atoms with van der Waals surface area (Å²) in [4.78, 5) is 0. The summed E-state index contributed by atoms with van der Waals surface area (Å²) in [6.45, 7) is 8.15. The van der Waals surface area contributed by atoms with Gasteiger partial charge in [-0.3, -0.25) is 10.6 Å². The lowest BCUT2D eigenvalue weighted by Crippen LogP contribution is -2.44. The van der Waals surface area contributed by atoms with E-state index in [1.807, 2.05) is 62.4 Å². The molecule has 0 saturated carbocycles. The molecule has 3 unspecified atom stereocenters. The average molecular weight is 535 g/mol. The first-order valence-electron chi connectivity index (χ1n) is 12.2. The van der Waals surface area contributed by atoms with E-state index in [1.165, 1.54) is 12.1 Å². The van der Waals surface area contributed by atoms with Crippen molar-refractivity contribution in [1.29, 1.82) is 0 Å². The Kier molecular flexibility index (Phi) is 7.78. The zero-order chi connectivity index (χ0) is 26.3. The zero-order valence-electron chi connectivity index (χ0n) is 20.8. The number of halogens is 5. The Morgan fingerprint density at radius 3 is 1.69 bits per heavy atom. The highest BCUT2D eigenvalue weighted by Gasteiger charge is 2.45. The Bertz CT molecular complexity index is 1140. The molecule has 7 heteroatoms. The minimum atomic E-state index is -4.41. The third-order valence-electron chi connectivity index (χ3n) is 7.24. The molecule has 1 aliphatic rings. The molecule has 0 amide bonds. The first-order valence-corrected chi connectivity index (χ1v) is 13.0. The van der Waals surface area contributed by atoms with Crippen molar-refractivity contribution in [3.8, 4) is 0 Å². The highest BCUT2D eigenvalue weighted by Crippen LogP contribution is 2.45. The molecule has 1 aliphatic heterocycles. The molecule has 3 aromatic carbocycles. The Balaban J connectivity index is 1.85. The molecule has 0 aromatic heterocycles. The van der Waals surface area contributed by atoms with Gasteiger partial charge in [-0.15, -0.1) is 0 Å². The lowest BCUT2D eigenvalue weighted by Gasteiger charge is -2.33. The lowest BCUT2D eigenvalue weighted by molar-refractivity contribution is -0.137. The number of hydrogen-bond acceptors (Lipinski definition) is 2. The van der Waals surface area contributed by atoms with Crippen LogP contribution < -0.4 is 10.6 Å². The van der Waals surface area contributed by atoms with Crippen LogP contribution in [0.15, 0.2) is 66.7 Å². The minimum Gasteiger partial charge on any atom is -0.287 e. The van der Waals surface area contributed by atoms with E-state index in [4.69, 9.17) is 23.2 Å². The van der Waals surface area contributed by atoms with Crippen LogP contribution in [-0.4, -0.2) is 0 Å². The zero-order valence-corrected chi connectivity index (χ0v) is 22.3. The van der Waals surface area contributed by atoms with Crippen LogP contribution in [0.5, 0.6) is 0 Å². The van der Waals surface area contributed by atoms with Gasteiger partial charge in [-0.05, 0) is 83.8 Å². The average Bonchev–Trinajstić information content (AvgIpc) is 3.18. The van der Waals surface area contributed by atoms with Gasteiger partial charge in [0.25, 0.3) is 0 Å². The lowest BCUT2D eigenvalue weighted by atomic mass is 9.80. The third kappa shape index (κ3) is 5.45. The molecule has 192 valence electrons. The number of rotatable bonds is 6. The quantitative estimate of drug-likeness (QED) is 0.329. The fraction of sp³-hybridized carbons (Fsp3) is 0.379. The van der Waals surface area contributed by atoms with Crippen LogP contribution in [0, 0.1) is 5.92 Å². The van der Waals surface area contributed by atoms with Crippen LogP contribution >= 0.6 is 23.2 Å². The van der Waals surface area contributed by atoms with Crippen LogP contribution in [0.3, 0.4) is 0 Å². The Morgan fingerprint density at radius 2 is 1.31 bits per heavy atom. The molecule has 2 N–H and O–H groups in total. The molecule has 1 saturated heterocycles. The molecule has 0 radical (unpaired) electrons. The van der Waals surface area contributed by atoms with Crippen molar-refractivity contribution in [2.45, 2.75) is 64.0 Å². The Hall–Kier alpha value is -2.05. The van der Waals surface area contributed by atoms with Crippen molar-refractivity contribution in [2.75, 3.05) is 0 Å². The first-order chi connectivity index (χ1) is 16.9. The van der Waals surface area contributed by atoms with Gasteiger partial charge in [-0.1, -0.05) is 74.3 Å². The maximum Gasteiger partial charge on any atom is 0.416 e. The summed E-state index contributed by atoms with van der Waals surface area (Å²) in [6, 6.07) is 19.2. The van der Waals surface area contributed by atoms with Crippen LogP contribution in [0.2, 0.25) is 10.0 Å². The van der Waals surface area contributed by atoms with Crippen molar-refractivity contribution >= 4 is 23.2 Å². The predicted octanol–water partition coefficient (Wildman–Crippen LogP) is 9.01. The van der Waals surface area contributed by atoms with Gasteiger partial charge in [0, 0.05) is 10.0 Å². The fourth-order valence-corrected chi connectivity index (χ4v) is 5.68. The highest BCUT2D eigenvalue weighted by molar-refractivity contribution is 6.30. The van der Waals surface area contributed by atoms with E-state index in [2.05, 4.69) is 24.5 Å². The first kappa shape index (κ1) is 27.0. The number of benzene rings is 3. The molecule has 0 spiro atoms. The third-order valence-corrected chi connectivity index (χ3v) is 7.75. The molecule has 1 fully saturated rings. The van der Waals surface area contributed by atoms with Crippen LogP contribution in [-0.2, 0) is 11.8 Å². The Labute approximate surface area is 221 Å². The van der Waals surface area contributed by atoms with E-state index in [1.54, 1.807) is 6.07 Å². The molecule has 1 heterocycles. The molecular formula is C29H31Cl2F3N2. The van der Waals surface area contributed by atoms with Gasteiger partial charge in [0.2, 0.25) is 0 Å². The fourth-order valence-electron chi connectivity index (χ4n) is 5.43. The SMILES string of the molecule is CCC(c1cc(C(F)(F)F)ccc1C1(C)NC(c2ccc(Cl)cc2)[C@H](c2ccc(Cl)cc2)N1)C(C)C. The summed E-state index contributed by atoms with van der Waals surface area (Å²) in [5.74, 6) is 0.160. The van der Waals surface area contributed by atoms with Crippen molar-refractivity contribution < 1.29 is 13.2 Å². The van der Waals surface area contributed by atoms with Crippen LogP contribution in [0.4, 0.5) is 13.2 Å². The summed E-state index contributed by atoms with van der Waals surface area (Å²) < 4.78 is 41.2. The predicted molar refractivity (Wildman–Crippen MR) is 141 cm³/mol. The number of hydrogen-bond donors (Lipinski definition) is 2. The van der Waals surface area contributed by atoms with Gasteiger partial charge in [-0.2, -0.15) is 13.2 Å². The van der Waals surface area contributed by atoms with Crippen LogP contribution in [0.1, 0.15) is 79.9 Å². The van der Waals surface area contributed by atoms with Crippen molar-refractivity contribution in [2.24, 2.45) is 5.92 Å². The van der Waals surface area contributed by atoms with Gasteiger partial charge in [0.05, 0.1) is 23.3 Å². The van der Waals surface area contributed by atoms with Crippen molar-refractivity contribution in [3.05, 3.63) is 105 Å². The molecule has 0 aliphatic carbocycles. The van der Waals surface area contributed by atoms with E-state index in [9.17, 15) is 13.2 Å². The Morgan fingerprint density at radius 1 is 0.833 bits per heavy atom. The minimum absolute atomic E-state index is 0.0220. The summed E-state index contributed by atoms with van der Waals surface area (Å²) >= 11 is 12.3. The second kappa shape index (κ2) is 10.4. The van der Waals surface area contributed by atoms with E-state index in [0.29, 0.717) is 10.0 Å². The standard InChI is InChI=1S/C29H31Cl2F3N2/c1-5-23(17(2)3)24-16-20(29(32,33)34)10-15-25(24)28(4)35-26(18-6-11-21(30)12-7-18)27(36-28)19-8-13-22(31)14-9-19/h6-17,23,26-27,35-36H,5H2,1-4H3/t23?,26-,27?,28?/m0/s1. The number of alkyl halides is 3. The number of nitrogens with one attached hydrogen (secondary N) is 2. The van der Waals surface area contributed by atoms with Crippen molar-refractivity contribution in [3.63, 3.8) is 0 Å². The summed E-state index contributed by atoms with van der Waals surface area (Å²) in [6.07, 6.45) is -3.67. The second-order valence-electron chi connectivity index (χ2n) is 10.0. The maximum atomic E-state index is 13.7. The van der Waals surface area contributed by atoms with E-state index < -0.39 is 17.4 Å². The van der Waals surface area contributed by atoms with Gasteiger partial charge < -0.3 is 0 Å². The molecular weight excluding hydrogens is 504 g/mol. The molecule has 2 nitrogen and oxygen atoms in total. The van der Waals surface area contributed by atoms with Gasteiger partial charge in [0.15, 0.2) is 0 Å². The largest absolute Gasteiger partial charge is 0.416 e. The van der Waals surface area contributed by atoms with Gasteiger partial charge in [0.1, 0.15) is 0 Å². The topological polar surface area (TPSA) is 24.1 Å². The highest BCUT2D eigenvalue weighted by atomic mass is 35.5. The van der Waals surface area contributed by atoms with Gasteiger partial charge in [-0.25, -0.2) is 0 Å².